The summed E-state index contributed by atoms with van der Waals surface area (Å²) in [5.74, 6) is 0.663. The Kier molecular flexibility index (Phi) is 5.21. The number of halogens is 1. The summed E-state index contributed by atoms with van der Waals surface area (Å²) in [6, 6.07) is 8.37. The number of fused-ring (bicyclic) bond motifs is 1. The van der Waals surface area contributed by atoms with Crippen LogP contribution in [0.2, 0.25) is 0 Å². The number of hydrogen-bond acceptors (Lipinski definition) is 3. The molecule has 1 aromatic heterocycles. The SMILES string of the molecule is O=C(NC1(Cc2ccc(Br)cc2)CCCCC1)C1CCc2n[nH]c(=O)n2C1. The number of aromatic amines is 1. The highest BCUT2D eigenvalue weighted by atomic mass is 79.9. The Morgan fingerprint density at radius 2 is 2.00 bits per heavy atom. The number of H-pyrrole nitrogens is 1. The molecular formula is C20H25BrN4O2. The van der Waals surface area contributed by atoms with Crippen LogP contribution in [-0.2, 0) is 24.2 Å². The van der Waals surface area contributed by atoms with Gasteiger partial charge in [0.15, 0.2) is 0 Å². The zero-order chi connectivity index (χ0) is 18.9. The molecule has 1 amide bonds. The van der Waals surface area contributed by atoms with Crippen LogP contribution in [-0.4, -0.2) is 26.2 Å². The highest BCUT2D eigenvalue weighted by Gasteiger charge is 2.36. The zero-order valence-electron chi connectivity index (χ0n) is 15.3. The van der Waals surface area contributed by atoms with Gasteiger partial charge in [0.2, 0.25) is 5.91 Å². The van der Waals surface area contributed by atoms with E-state index in [9.17, 15) is 9.59 Å². The van der Waals surface area contributed by atoms with Gasteiger partial charge in [-0.1, -0.05) is 47.3 Å². The molecule has 2 heterocycles. The van der Waals surface area contributed by atoms with Gasteiger partial charge in [-0.15, -0.1) is 0 Å². The molecule has 0 bridgehead atoms. The maximum absolute atomic E-state index is 13.1. The molecule has 7 heteroatoms. The molecule has 4 rings (SSSR count). The van der Waals surface area contributed by atoms with Crippen LogP contribution in [0.25, 0.3) is 0 Å². The lowest BCUT2D eigenvalue weighted by Gasteiger charge is -2.40. The Morgan fingerprint density at radius 3 is 2.74 bits per heavy atom. The second-order valence-corrected chi connectivity index (χ2v) is 8.84. The van der Waals surface area contributed by atoms with E-state index in [0.717, 1.165) is 48.8 Å². The summed E-state index contributed by atoms with van der Waals surface area (Å²) in [5, 5.41) is 9.93. The summed E-state index contributed by atoms with van der Waals surface area (Å²) in [6.45, 7) is 0.421. The largest absolute Gasteiger partial charge is 0.350 e. The standard InChI is InChI=1S/C20H25BrN4O2/c21-16-7-4-14(5-8-16)12-20(10-2-1-3-11-20)22-18(26)15-6-9-17-23-24-19(27)25(17)13-15/h4-5,7-8,15H,1-3,6,9-13H2,(H,22,26)(H,24,27). The third kappa shape index (κ3) is 4.03. The molecule has 1 atom stereocenters. The Hall–Kier alpha value is -1.89. The van der Waals surface area contributed by atoms with Crippen LogP contribution in [0.4, 0.5) is 0 Å². The fourth-order valence-corrected chi connectivity index (χ4v) is 4.75. The van der Waals surface area contributed by atoms with Crippen molar-refractivity contribution in [2.45, 2.75) is 63.5 Å². The Bertz CT molecular complexity index is 865. The van der Waals surface area contributed by atoms with E-state index in [2.05, 4.69) is 55.7 Å². The molecular weight excluding hydrogens is 408 g/mol. The van der Waals surface area contributed by atoms with Crippen LogP contribution in [0.3, 0.4) is 0 Å². The van der Waals surface area contributed by atoms with Gasteiger partial charge >= 0.3 is 5.69 Å². The van der Waals surface area contributed by atoms with Gasteiger partial charge in [0.25, 0.3) is 0 Å². The average Bonchev–Trinajstić information content (AvgIpc) is 3.05. The lowest BCUT2D eigenvalue weighted by Crippen LogP contribution is -2.54. The van der Waals surface area contributed by atoms with Gasteiger partial charge in [-0.05, 0) is 43.4 Å². The fraction of sp³-hybridized carbons (Fsp3) is 0.550. The van der Waals surface area contributed by atoms with Crippen molar-refractivity contribution >= 4 is 21.8 Å². The molecule has 0 radical (unpaired) electrons. The van der Waals surface area contributed by atoms with E-state index < -0.39 is 0 Å². The molecule has 6 nitrogen and oxygen atoms in total. The number of hydrogen-bond donors (Lipinski definition) is 2. The van der Waals surface area contributed by atoms with Crippen molar-refractivity contribution in [1.82, 2.24) is 20.1 Å². The number of aromatic nitrogens is 3. The summed E-state index contributed by atoms with van der Waals surface area (Å²) in [5.41, 5.74) is 0.854. The van der Waals surface area contributed by atoms with Crippen molar-refractivity contribution in [2.75, 3.05) is 0 Å². The number of carbonyl (C=O) groups excluding carboxylic acids is 1. The molecule has 144 valence electrons. The van der Waals surface area contributed by atoms with Gasteiger partial charge in [-0.25, -0.2) is 9.89 Å². The number of nitrogens with one attached hydrogen (secondary N) is 2. The topological polar surface area (TPSA) is 79.8 Å². The van der Waals surface area contributed by atoms with E-state index in [-0.39, 0.29) is 23.1 Å². The minimum Gasteiger partial charge on any atom is -0.350 e. The molecule has 1 saturated carbocycles. The lowest BCUT2D eigenvalue weighted by molar-refractivity contribution is -0.128. The molecule has 2 aromatic rings. The van der Waals surface area contributed by atoms with Crippen LogP contribution in [0.15, 0.2) is 33.5 Å². The first-order valence-corrected chi connectivity index (χ1v) is 10.5. The van der Waals surface area contributed by atoms with Crippen molar-refractivity contribution in [3.05, 3.63) is 50.6 Å². The summed E-state index contributed by atoms with van der Waals surface area (Å²) >= 11 is 3.49. The first-order chi connectivity index (χ1) is 13.0. The molecule has 1 fully saturated rings. The van der Waals surface area contributed by atoms with E-state index in [4.69, 9.17) is 0 Å². The Morgan fingerprint density at radius 1 is 1.26 bits per heavy atom. The van der Waals surface area contributed by atoms with Crippen LogP contribution < -0.4 is 11.0 Å². The van der Waals surface area contributed by atoms with Gasteiger partial charge in [0.05, 0.1) is 5.92 Å². The molecule has 27 heavy (non-hydrogen) atoms. The maximum atomic E-state index is 13.1. The summed E-state index contributed by atoms with van der Waals surface area (Å²) in [4.78, 5) is 25.0. The fourth-order valence-electron chi connectivity index (χ4n) is 4.49. The second kappa shape index (κ2) is 7.62. The lowest BCUT2D eigenvalue weighted by atomic mass is 9.77. The minimum absolute atomic E-state index is 0.0766. The van der Waals surface area contributed by atoms with Gasteiger partial charge in [0.1, 0.15) is 5.82 Å². The Balaban J connectivity index is 1.50. The predicted molar refractivity (Wildman–Crippen MR) is 106 cm³/mol. The van der Waals surface area contributed by atoms with Crippen molar-refractivity contribution < 1.29 is 4.79 Å². The molecule has 0 spiro atoms. The van der Waals surface area contributed by atoms with Crippen molar-refractivity contribution in [2.24, 2.45) is 5.92 Å². The quantitative estimate of drug-likeness (QED) is 0.778. The predicted octanol–water partition coefficient (Wildman–Crippen LogP) is 2.96. The van der Waals surface area contributed by atoms with Crippen LogP contribution in [0.5, 0.6) is 0 Å². The molecule has 1 unspecified atom stereocenters. The average molecular weight is 433 g/mol. The van der Waals surface area contributed by atoms with Crippen LogP contribution in [0, 0.1) is 5.92 Å². The van der Waals surface area contributed by atoms with Gasteiger partial charge < -0.3 is 5.32 Å². The number of carbonyl (C=O) groups is 1. The maximum Gasteiger partial charge on any atom is 0.343 e. The van der Waals surface area contributed by atoms with E-state index in [1.165, 1.54) is 12.0 Å². The van der Waals surface area contributed by atoms with Gasteiger partial charge in [-0.3, -0.25) is 9.36 Å². The van der Waals surface area contributed by atoms with E-state index in [1.54, 1.807) is 4.57 Å². The smallest absolute Gasteiger partial charge is 0.343 e. The molecule has 2 N–H and O–H groups in total. The molecule has 1 aliphatic heterocycles. The second-order valence-electron chi connectivity index (χ2n) is 7.92. The van der Waals surface area contributed by atoms with E-state index in [0.29, 0.717) is 13.0 Å². The number of nitrogens with zero attached hydrogens (tertiary/aromatic N) is 2. The summed E-state index contributed by atoms with van der Waals surface area (Å²) in [6.07, 6.45) is 7.81. The monoisotopic (exact) mass is 432 g/mol. The van der Waals surface area contributed by atoms with Crippen molar-refractivity contribution in [3.8, 4) is 0 Å². The van der Waals surface area contributed by atoms with Gasteiger partial charge in [0, 0.05) is 23.0 Å². The molecule has 2 aliphatic rings. The number of amides is 1. The highest BCUT2D eigenvalue weighted by molar-refractivity contribution is 9.10. The first-order valence-electron chi connectivity index (χ1n) is 9.75. The highest BCUT2D eigenvalue weighted by Crippen LogP contribution is 2.32. The van der Waals surface area contributed by atoms with Crippen molar-refractivity contribution in [1.29, 1.82) is 0 Å². The van der Waals surface area contributed by atoms with Gasteiger partial charge in [-0.2, -0.15) is 5.10 Å². The summed E-state index contributed by atoms with van der Waals surface area (Å²) < 4.78 is 2.67. The molecule has 1 aliphatic carbocycles. The third-order valence-corrected chi connectivity index (χ3v) is 6.51. The normalized spacial score (nSPS) is 21.4. The van der Waals surface area contributed by atoms with Crippen LogP contribution in [0.1, 0.15) is 49.9 Å². The third-order valence-electron chi connectivity index (χ3n) is 5.98. The molecule has 1 aromatic carbocycles. The van der Waals surface area contributed by atoms with E-state index in [1.807, 2.05) is 0 Å². The van der Waals surface area contributed by atoms with Crippen molar-refractivity contribution in [3.63, 3.8) is 0 Å². The first kappa shape index (κ1) is 18.5. The van der Waals surface area contributed by atoms with E-state index >= 15 is 0 Å². The minimum atomic E-state index is -0.218. The summed E-state index contributed by atoms with van der Waals surface area (Å²) in [7, 11) is 0. The molecule has 0 saturated heterocycles. The Labute approximate surface area is 166 Å². The van der Waals surface area contributed by atoms with Crippen LogP contribution >= 0.6 is 15.9 Å². The zero-order valence-corrected chi connectivity index (χ0v) is 16.9. The number of aryl methyl sites for hydroxylation is 1. The number of rotatable bonds is 4. The number of benzene rings is 1.